The molecule has 0 aromatic heterocycles. The summed E-state index contributed by atoms with van der Waals surface area (Å²) >= 11 is 0. The molecule has 0 aliphatic carbocycles. The Kier molecular flexibility index (Phi) is 3.01. The van der Waals surface area contributed by atoms with E-state index in [4.69, 9.17) is 0 Å². The molecule has 1 atom stereocenters. The van der Waals surface area contributed by atoms with E-state index in [1.807, 2.05) is 31.2 Å². The normalized spacial score (nSPS) is 17.1. The van der Waals surface area contributed by atoms with E-state index in [9.17, 15) is 13.6 Å². The van der Waals surface area contributed by atoms with E-state index in [0.29, 0.717) is 0 Å². The Morgan fingerprint density at radius 1 is 1.15 bits per heavy atom. The van der Waals surface area contributed by atoms with E-state index >= 15 is 0 Å². The zero-order valence-electron chi connectivity index (χ0n) is 10.9. The molecule has 0 radical (unpaired) electrons. The molecule has 1 aliphatic rings. The van der Waals surface area contributed by atoms with Crippen LogP contribution in [-0.4, -0.2) is 11.9 Å². The van der Waals surface area contributed by atoms with Gasteiger partial charge in [-0.1, -0.05) is 18.2 Å². The fourth-order valence-electron chi connectivity index (χ4n) is 2.64. The Hall–Kier alpha value is -2.23. The van der Waals surface area contributed by atoms with Crippen LogP contribution in [0.3, 0.4) is 0 Å². The molecule has 102 valence electrons. The van der Waals surface area contributed by atoms with Crippen LogP contribution in [0.2, 0.25) is 0 Å². The summed E-state index contributed by atoms with van der Waals surface area (Å²) < 4.78 is 26.2. The van der Waals surface area contributed by atoms with Crippen LogP contribution in [0.1, 0.15) is 22.8 Å². The summed E-state index contributed by atoms with van der Waals surface area (Å²) in [5, 5.41) is 0. The van der Waals surface area contributed by atoms with Crippen molar-refractivity contribution < 1.29 is 13.6 Å². The third-order valence-electron chi connectivity index (χ3n) is 3.59. The highest BCUT2D eigenvalue weighted by molar-refractivity contribution is 6.07. The molecule has 0 spiro atoms. The van der Waals surface area contributed by atoms with E-state index < -0.39 is 11.6 Å². The second-order valence-electron chi connectivity index (χ2n) is 4.99. The predicted molar refractivity (Wildman–Crippen MR) is 72.8 cm³/mol. The van der Waals surface area contributed by atoms with Gasteiger partial charge in [-0.05, 0) is 43.2 Å². The van der Waals surface area contributed by atoms with Gasteiger partial charge >= 0.3 is 0 Å². The summed E-state index contributed by atoms with van der Waals surface area (Å²) in [7, 11) is 0. The smallest absolute Gasteiger partial charge is 0.258 e. The average molecular weight is 273 g/mol. The van der Waals surface area contributed by atoms with Crippen molar-refractivity contribution in [1.82, 2.24) is 0 Å². The molecule has 1 heterocycles. The molecule has 0 N–H and O–H groups in total. The maximum atomic E-state index is 13.3. The zero-order valence-corrected chi connectivity index (χ0v) is 10.9. The molecule has 3 rings (SSSR count). The zero-order chi connectivity index (χ0) is 14.3. The molecule has 20 heavy (non-hydrogen) atoms. The lowest BCUT2D eigenvalue weighted by atomic mass is 10.1. The van der Waals surface area contributed by atoms with Gasteiger partial charge in [-0.25, -0.2) is 8.78 Å². The number of rotatable bonds is 1. The molecule has 2 aromatic rings. The number of benzene rings is 2. The lowest BCUT2D eigenvalue weighted by Crippen LogP contribution is -2.35. The van der Waals surface area contributed by atoms with Crippen LogP contribution >= 0.6 is 0 Å². The second-order valence-corrected chi connectivity index (χ2v) is 4.99. The van der Waals surface area contributed by atoms with Crippen molar-refractivity contribution in [3.05, 3.63) is 65.2 Å². The first-order valence-corrected chi connectivity index (χ1v) is 6.44. The standard InChI is InChI=1S/C16H13F2NO/c1-10-8-11-4-2-3-5-15(11)19(10)16(20)12-6-7-13(17)14(18)9-12/h2-7,9-10H,8H2,1H3/t10-/m0/s1. The van der Waals surface area contributed by atoms with Crippen molar-refractivity contribution in [3.8, 4) is 0 Å². The van der Waals surface area contributed by atoms with Gasteiger partial charge < -0.3 is 4.90 Å². The molecule has 0 fully saturated rings. The molecule has 0 saturated carbocycles. The van der Waals surface area contributed by atoms with E-state index in [2.05, 4.69) is 0 Å². The molecule has 2 nitrogen and oxygen atoms in total. The fourth-order valence-corrected chi connectivity index (χ4v) is 2.64. The predicted octanol–water partition coefficient (Wildman–Crippen LogP) is 3.56. The van der Waals surface area contributed by atoms with Crippen LogP contribution in [0.15, 0.2) is 42.5 Å². The van der Waals surface area contributed by atoms with Crippen molar-refractivity contribution in [2.45, 2.75) is 19.4 Å². The van der Waals surface area contributed by atoms with Crippen LogP contribution in [0, 0.1) is 11.6 Å². The van der Waals surface area contributed by atoms with E-state index in [1.165, 1.54) is 6.07 Å². The van der Waals surface area contributed by atoms with Crippen molar-refractivity contribution >= 4 is 11.6 Å². The van der Waals surface area contributed by atoms with Crippen LogP contribution in [0.4, 0.5) is 14.5 Å². The first-order valence-electron chi connectivity index (χ1n) is 6.44. The van der Waals surface area contributed by atoms with E-state index in [-0.39, 0.29) is 17.5 Å². The Bertz CT molecular complexity index is 684. The van der Waals surface area contributed by atoms with Gasteiger partial charge in [0.05, 0.1) is 0 Å². The Labute approximate surface area is 115 Å². The number of halogens is 2. The number of amides is 1. The minimum absolute atomic E-state index is 0.00742. The molecule has 4 heteroatoms. The van der Waals surface area contributed by atoms with Gasteiger partial charge in [0.2, 0.25) is 0 Å². The Morgan fingerprint density at radius 3 is 2.65 bits per heavy atom. The number of anilines is 1. The van der Waals surface area contributed by atoms with Gasteiger partial charge in [0.15, 0.2) is 11.6 Å². The highest BCUT2D eigenvalue weighted by atomic mass is 19.2. The van der Waals surface area contributed by atoms with Crippen LogP contribution in [-0.2, 0) is 6.42 Å². The quantitative estimate of drug-likeness (QED) is 0.778. The first kappa shape index (κ1) is 12.8. The number of para-hydroxylation sites is 1. The van der Waals surface area contributed by atoms with Crippen molar-refractivity contribution in [3.63, 3.8) is 0 Å². The monoisotopic (exact) mass is 273 g/mol. The van der Waals surface area contributed by atoms with E-state index in [0.717, 1.165) is 29.8 Å². The third-order valence-corrected chi connectivity index (χ3v) is 3.59. The molecular formula is C16H13F2NO. The number of nitrogens with zero attached hydrogens (tertiary/aromatic N) is 1. The summed E-state index contributed by atoms with van der Waals surface area (Å²) in [4.78, 5) is 14.2. The number of fused-ring (bicyclic) bond motifs is 1. The number of hydrogen-bond donors (Lipinski definition) is 0. The second kappa shape index (κ2) is 4.71. The SMILES string of the molecule is C[C@H]1Cc2ccccc2N1C(=O)c1ccc(F)c(F)c1. The highest BCUT2D eigenvalue weighted by Gasteiger charge is 2.31. The molecule has 1 aliphatic heterocycles. The lowest BCUT2D eigenvalue weighted by Gasteiger charge is -2.22. The summed E-state index contributed by atoms with van der Waals surface area (Å²) in [6, 6.07) is 10.9. The van der Waals surface area contributed by atoms with Crippen molar-refractivity contribution in [2.75, 3.05) is 4.90 Å². The molecule has 0 saturated heterocycles. The Morgan fingerprint density at radius 2 is 1.90 bits per heavy atom. The third kappa shape index (κ3) is 1.97. The maximum Gasteiger partial charge on any atom is 0.258 e. The molecule has 1 amide bonds. The van der Waals surface area contributed by atoms with Gasteiger partial charge in [-0.3, -0.25) is 4.79 Å². The summed E-state index contributed by atoms with van der Waals surface area (Å²) in [5.41, 5.74) is 2.10. The fraction of sp³-hybridized carbons (Fsp3) is 0.188. The average Bonchev–Trinajstić information content (AvgIpc) is 2.77. The largest absolute Gasteiger partial charge is 0.305 e. The van der Waals surface area contributed by atoms with E-state index in [1.54, 1.807) is 4.90 Å². The van der Waals surface area contributed by atoms with Gasteiger partial charge in [0.1, 0.15) is 0 Å². The Balaban J connectivity index is 2.00. The summed E-state index contributed by atoms with van der Waals surface area (Å²) in [6.07, 6.45) is 0.769. The van der Waals surface area contributed by atoms with Gasteiger partial charge in [-0.2, -0.15) is 0 Å². The van der Waals surface area contributed by atoms with Gasteiger partial charge in [0, 0.05) is 17.3 Å². The van der Waals surface area contributed by atoms with Crippen molar-refractivity contribution in [2.24, 2.45) is 0 Å². The van der Waals surface area contributed by atoms with Gasteiger partial charge in [0.25, 0.3) is 5.91 Å². The topological polar surface area (TPSA) is 20.3 Å². The van der Waals surface area contributed by atoms with Gasteiger partial charge in [-0.15, -0.1) is 0 Å². The molecule has 2 aromatic carbocycles. The highest BCUT2D eigenvalue weighted by Crippen LogP contribution is 2.33. The lowest BCUT2D eigenvalue weighted by molar-refractivity contribution is 0.0981. The van der Waals surface area contributed by atoms with Crippen LogP contribution < -0.4 is 4.90 Å². The van der Waals surface area contributed by atoms with Crippen LogP contribution in [0.25, 0.3) is 0 Å². The number of carbonyl (C=O) groups excluding carboxylic acids is 1. The minimum atomic E-state index is -1.00. The summed E-state index contributed by atoms with van der Waals surface area (Å²) in [5.74, 6) is -2.26. The summed E-state index contributed by atoms with van der Waals surface area (Å²) in [6.45, 7) is 1.94. The van der Waals surface area contributed by atoms with Crippen molar-refractivity contribution in [1.29, 1.82) is 0 Å². The molecule has 0 bridgehead atoms. The number of carbonyl (C=O) groups is 1. The maximum absolute atomic E-state index is 13.3. The molecule has 0 unspecified atom stereocenters. The first-order chi connectivity index (χ1) is 9.58. The minimum Gasteiger partial charge on any atom is -0.305 e. The molecular weight excluding hydrogens is 260 g/mol. The van der Waals surface area contributed by atoms with Crippen LogP contribution in [0.5, 0.6) is 0 Å². The number of hydrogen-bond acceptors (Lipinski definition) is 1.